The third-order valence-electron chi connectivity index (χ3n) is 5.41. The molecular formula is C19H29FN2O2. The fourth-order valence-corrected chi connectivity index (χ4v) is 3.86. The highest BCUT2D eigenvalue weighted by Gasteiger charge is 2.40. The topological polar surface area (TPSA) is 35.9 Å². The van der Waals surface area contributed by atoms with E-state index in [9.17, 15) is 9.50 Å². The average molecular weight is 336 g/mol. The minimum Gasteiger partial charge on any atom is -0.490 e. The van der Waals surface area contributed by atoms with Gasteiger partial charge in [-0.2, -0.15) is 0 Å². The van der Waals surface area contributed by atoms with Crippen LogP contribution < -0.4 is 4.74 Å². The first-order valence-electron chi connectivity index (χ1n) is 9.04. The molecule has 24 heavy (non-hydrogen) atoms. The van der Waals surface area contributed by atoms with Gasteiger partial charge in [-0.25, -0.2) is 4.39 Å². The van der Waals surface area contributed by atoms with Crippen LogP contribution in [0.15, 0.2) is 24.3 Å². The van der Waals surface area contributed by atoms with Crippen molar-refractivity contribution >= 4 is 0 Å². The van der Waals surface area contributed by atoms with Crippen LogP contribution >= 0.6 is 0 Å². The summed E-state index contributed by atoms with van der Waals surface area (Å²) in [5.74, 6) is 0.163. The summed E-state index contributed by atoms with van der Waals surface area (Å²) in [5.41, 5.74) is -0.832. The minimum atomic E-state index is -0.832. The van der Waals surface area contributed by atoms with E-state index in [2.05, 4.69) is 23.6 Å². The predicted octanol–water partition coefficient (Wildman–Crippen LogP) is 2.51. The first-order chi connectivity index (χ1) is 11.5. The molecule has 4 nitrogen and oxygen atoms in total. The standard InChI is InChI=1S/C19H29FN2O2/c1-15(2)21-9-6-17(7-10-21)22-11-8-19(23,13-22)14-24-18-5-3-4-16(20)12-18/h3-5,12,15,17,23H,6-11,13-14H2,1-2H3. The fraction of sp³-hybridized carbons (Fsp3) is 0.684. The molecule has 2 heterocycles. The SMILES string of the molecule is CC(C)N1CCC(N2CCC(O)(COc3cccc(F)c3)C2)CC1. The van der Waals surface area contributed by atoms with E-state index < -0.39 is 5.60 Å². The lowest BCUT2D eigenvalue weighted by Crippen LogP contribution is -2.48. The highest BCUT2D eigenvalue weighted by molar-refractivity contribution is 5.22. The van der Waals surface area contributed by atoms with Gasteiger partial charge in [-0.1, -0.05) is 6.07 Å². The number of likely N-dealkylation sites (tertiary alicyclic amines) is 2. The normalized spacial score (nSPS) is 27.0. The van der Waals surface area contributed by atoms with E-state index >= 15 is 0 Å². The molecule has 2 saturated heterocycles. The van der Waals surface area contributed by atoms with E-state index in [0.29, 0.717) is 30.8 Å². The summed E-state index contributed by atoms with van der Waals surface area (Å²) in [6.07, 6.45) is 3.05. The molecule has 0 saturated carbocycles. The first kappa shape index (κ1) is 17.6. The monoisotopic (exact) mass is 336 g/mol. The largest absolute Gasteiger partial charge is 0.490 e. The Labute approximate surface area is 144 Å². The Kier molecular flexibility index (Phi) is 5.42. The smallest absolute Gasteiger partial charge is 0.126 e. The number of nitrogens with zero attached hydrogens (tertiary/aromatic N) is 2. The summed E-state index contributed by atoms with van der Waals surface area (Å²) in [5, 5.41) is 10.8. The second kappa shape index (κ2) is 7.38. The van der Waals surface area contributed by atoms with Crippen LogP contribution in [0.1, 0.15) is 33.1 Å². The van der Waals surface area contributed by atoms with E-state index in [4.69, 9.17) is 4.74 Å². The average Bonchev–Trinajstić information content (AvgIpc) is 2.96. The molecule has 0 aromatic heterocycles. The molecule has 0 aliphatic carbocycles. The molecular weight excluding hydrogens is 307 g/mol. The molecule has 2 fully saturated rings. The molecule has 5 heteroatoms. The van der Waals surface area contributed by atoms with Crippen LogP contribution in [0.25, 0.3) is 0 Å². The van der Waals surface area contributed by atoms with Gasteiger partial charge in [-0.05, 0) is 58.3 Å². The van der Waals surface area contributed by atoms with Crippen LogP contribution in [0, 0.1) is 5.82 Å². The van der Waals surface area contributed by atoms with Gasteiger partial charge in [-0.3, -0.25) is 4.90 Å². The van der Waals surface area contributed by atoms with Crippen molar-refractivity contribution < 1.29 is 14.2 Å². The van der Waals surface area contributed by atoms with E-state index in [0.717, 1.165) is 19.6 Å². The maximum absolute atomic E-state index is 13.2. The molecule has 2 aliphatic rings. The van der Waals surface area contributed by atoms with Crippen LogP contribution in [0.4, 0.5) is 4.39 Å². The van der Waals surface area contributed by atoms with Gasteiger partial charge in [-0.15, -0.1) is 0 Å². The number of hydrogen-bond acceptors (Lipinski definition) is 4. The number of β-amino-alcohol motifs (C(OH)–C–C–N with tert-alkyl or cyclic N) is 1. The molecule has 1 atom stereocenters. The Morgan fingerprint density at radius 1 is 1.29 bits per heavy atom. The van der Waals surface area contributed by atoms with Crippen molar-refractivity contribution in [3.05, 3.63) is 30.1 Å². The highest BCUT2D eigenvalue weighted by Crippen LogP contribution is 2.28. The zero-order chi connectivity index (χ0) is 17.2. The summed E-state index contributed by atoms with van der Waals surface area (Å²) < 4.78 is 18.8. The molecule has 0 amide bonds. The predicted molar refractivity (Wildman–Crippen MR) is 92.8 cm³/mol. The van der Waals surface area contributed by atoms with Crippen molar-refractivity contribution in [1.29, 1.82) is 0 Å². The van der Waals surface area contributed by atoms with Gasteiger partial charge in [0.25, 0.3) is 0 Å². The van der Waals surface area contributed by atoms with E-state index in [1.807, 2.05) is 0 Å². The fourth-order valence-electron chi connectivity index (χ4n) is 3.86. The summed E-state index contributed by atoms with van der Waals surface area (Å²) in [6, 6.07) is 7.27. The second-order valence-electron chi connectivity index (χ2n) is 7.55. The summed E-state index contributed by atoms with van der Waals surface area (Å²) >= 11 is 0. The van der Waals surface area contributed by atoms with Gasteiger partial charge < -0.3 is 14.7 Å². The molecule has 1 aromatic carbocycles. The summed E-state index contributed by atoms with van der Waals surface area (Å²) in [7, 11) is 0. The third-order valence-corrected chi connectivity index (χ3v) is 5.41. The number of halogens is 1. The van der Waals surface area contributed by atoms with Gasteiger partial charge in [0.15, 0.2) is 0 Å². The van der Waals surface area contributed by atoms with Gasteiger partial charge in [0.2, 0.25) is 0 Å². The lowest BCUT2D eigenvalue weighted by atomic mass is 10.0. The number of piperidine rings is 1. The maximum Gasteiger partial charge on any atom is 0.126 e. The van der Waals surface area contributed by atoms with E-state index in [1.54, 1.807) is 12.1 Å². The van der Waals surface area contributed by atoms with Crippen molar-refractivity contribution in [2.75, 3.05) is 32.8 Å². The zero-order valence-electron chi connectivity index (χ0n) is 14.7. The van der Waals surface area contributed by atoms with E-state index in [1.165, 1.54) is 25.0 Å². The Morgan fingerprint density at radius 2 is 2.04 bits per heavy atom. The lowest BCUT2D eigenvalue weighted by molar-refractivity contribution is -0.00358. The van der Waals surface area contributed by atoms with Gasteiger partial charge in [0.1, 0.15) is 23.8 Å². The number of hydrogen-bond donors (Lipinski definition) is 1. The van der Waals surface area contributed by atoms with Crippen molar-refractivity contribution in [3.63, 3.8) is 0 Å². The van der Waals surface area contributed by atoms with Crippen LogP contribution in [-0.4, -0.2) is 65.4 Å². The highest BCUT2D eigenvalue weighted by atomic mass is 19.1. The molecule has 1 aromatic rings. The van der Waals surface area contributed by atoms with Crippen LogP contribution in [-0.2, 0) is 0 Å². The van der Waals surface area contributed by atoms with Crippen LogP contribution in [0.5, 0.6) is 5.75 Å². The zero-order valence-corrected chi connectivity index (χ0v) is 14.7. The minimum absolute atomic E-state index is 0.220. The number of benzene rings is 1. The van der Waals surface area contributed by atoms with Crippen molar-refractivity contribution in [1.82, 2.24) is 9.80 Å². The Bertz CT molecular complexity index is 546. The lowest BCUT2D eigenvalue weighted by Gasteiger charge is -2.38. The Balaban J connectivity index is 1.49. The molecule has 0 spiro atoms. The van der Waals surface area contributed by atoms with Gasteiger partial charge in [0.05, 0.1) is 0 Å². The molecule has 1 N–H and O–H groups in total. The number of ether oxygens (including phenoxy) is 1. The van der Waals surface area contributed by atoms with Gasteiger partial charge >= 0.3 is 0 Å². The molecule has 2 aliphatic heterocycles. The Hall–Kier alpha value is -1.17. The Morgan fingerprint density at radius 3 is 2.71 bits per heavy atom. The van der Waals surface area contributed by atoms with Crippen molar-refractivity contribution in [3.8, 4) is 5.75 Å². The van der Waals surface area contributed by atoms with Crippen LogP contribution in [0.2, 0.25) is 0 Å². The molecule has 0 radical (unpaired) electrons. The number of rotatable bonds is 5. The quantitative estimate of drug-likeness (QED) is 0.896. The second-order valence-corrected chi connectivity index (χ2v) is 7.55. The van der Waals surface area contributed by atoms with Crippen LogP contribution in [0.3, 0.4) is 0 Å². The summed E-state index contributed by atoms with van der Waals surface area (Å²) in [6.45, 7) is 8.55. The van der Waals surface area contributed by atoms with Gasteiger partial charge in [0, 0.05) is 31.2 Å². The first-order valence-corrected chi connectivity index (χ1v) is 9.04. The number of aliphatic hydroxyl groups is 1. The van der Waals surface area contributed by atoms with E-state index in [-0.39, 0.29) is 12.4 Å². The van der Waals surface area contributed by atoms with Crippen molar-refractivity contribution in [2.24, 2.45) is 0 Å². The molecule has 134 valence electrons. The summed E-state index contributed by atoms with van der Waals surface area (Å²) in [4.78, 5) is 4.93. The molecule has 0 bridgehead atoms. The molecule has 3 rings (SSSR count). The third kappa shape index (κ3) is 4.26. The van der Waals surface area contributed by atoms with Crippen molar-refractivity contribution in [2.45, 2.75) is 50.8 Å². The molecule has 1 unspecified atom stereocenters. The maximum atomic E-state index is 13.2.